The maximum atomic E-state index is 12.4. The molecule has 0 bridgehead atoms. The molecule has 0 N–H and O–H groups in total. The number of hydrogen-bond acceptors (Lipinski definition) is 5. The third-order valence-electron chi connectivity index (χ3n) is 5.95. The highest BCUT2D eigenvalue weighted by Crippen LogP contribution is 2.33. The molecule has 0 aromatic heterocycles. The van der Waals surface area contributed by atoms with Crippen LogP contribution in [0.4, 0.5) is 5.69 Å². The first kappa shape index (κ1) is 25.3. The predicted molar refractivity (Wildman–Crippen MR) is 144 cm³/mol. The lowest BCUT2D eigenvalue weighted by atomic mass is 9.97. The number of esters is 1. The standard InChI is InChI=1S/C29H29NO5S/c1-34-29(31)17-13-22-12-16-28(27(20-22)25-15-14-23-8-6-7-9-24(23)21-25)35-19-18-30(36(2,32)33)26-10-4-3-5-11-26/h3-12,14-16,20-21H,13,17-19H2,1-2H3. The summed E-state index contributed by atoms with van der Waals surface area (Å²) in [5, 5.41) is 2.24. The largest absolute Gasteiger partial charge is 0.491 e. The van der Waals surface area contributed by atoms with Gasteiger partial charge in [0.2, 0.25) is 10.0 Å². The Morgan fingerprint density at radius 3 is 2.31 bits per heavy atom. The zero-order valence-electron chi connectivity index (χ0n) is 20.4. The number of para-hydroxylation sites is 1. The molecule has 186 valence electrons. The van der Waals surface area contributed by atoms with Crippen molar-refractivity contribution in [1.29, 1.82) is 0 Å². The van der Waals surface area contributed by atoms with Gasteiger partial charge in [0.15, 0.2) is 0 Å². The molecule has 0 atom stereocenters. The maximum Gasteiger partial charge on any atom is 0.305 e. The summed E-state index contributed by atoms with van der Waals surface area (Å²) in [6.45, 7) is 0.341. The molecule has 0 saturated heterocycles. The SMILES string of the molecule is COC(=O)CCc1ccc(OCCN(c2ccccc2)S(C)(=O)=O)c(-c2ccc3ccccc3c2)c1. The summed E-state index contributed by atoms with van der Waals surface area (Å²) in [6.07, 6.45) is 2.02. The van der Waals surface area contributed by atoms with Crippen molar-refractivity contribution in [2.75, 3.05) is 30.8 Å². The number of rotatable bonds is 10. The van der Waals surface area contributed by atoms with Gasteiger partial charge < -0.3 is 9.47 Å². The number of carbonyl (C=O) groups excluding carboxylic acids is 1. The Morgan fingerprint density at radius 2 is 1.58 bits per heavy atom. The molecular weight excluding hydrogens is 474 g/mol. The van der Waals surface area contributed by atoms with Crippen LogP contribution >= 0.6 is 0 Å². The van der Waals surface area contributed by atoms with Crippen molar-refractivity contribution in [3.05, 3.63) is 96.6 Å². The summed E-state index contributed by atoms with van der Waals surface area (Å²) in [4.78, 5) is 11.7. The average Bonchev–Trinajstić information content (AvgIpc) is 2.89. The van der Waals surface area contributed by atoms with Crippen LogP contribution in [-0.4, -0.2) is 40.9 Å². The van der Waals surface area contributed by atoms with Crippen LogP contribution in [0.1, 0.15) is 12.0 Å². The van der Waals surface area contributed by atoms with Gasteiger partial charge in [-0.1, -0.05) is 60.7 Å². The topological polar surface area (TPSA) is 72.9 Å². The molecule has 0 aliphatic heterocycles. The molecule has 7 heteroatoms. The van der Waals surface area contributed by atoms with Crippen LogP contribution in [0.25, 0.3) is 21.9 Å². The second kappa shape index (κ2) is 11.3. The number of aryl methyl sites for hydroxylation is 1. The lowest BCUT2D eigenvalue weighted by Gasteiger charge is -2.23. The normalized spacial score (nSPS) is 11.3. The molecular formula is C29H29NO5S. The molecule has 0 unspecified atom stereocenters. The van der Waals surface area contributed by atoms with Gasteiger partial charge in [0.25, 0.3) is 0 Å². The number of nitrogens with zero attached hydrogens (tertiary/aromatic N) is 1. The number of anilines is 1. The second-order valence-electron chi connectivity index (χ2n) is 8.49. The maximum absolute atomic E-state index is 12.4. The molecule has 4 rings (SSSR count). The number of ether oxygens (including phenoxy) is 2. The smallest absolute Gasteiger partial charge is 0.305 e. The predicted octanol–water partition coefficient (Wildman–Crippen LogP) is 5.46. The summed E-state index contributed by atoms with van der Waals surface area (Å²) in [6, 6.07) is 29.1. The van der Waals surface area contributed by atoms with Crippen LogP contribution in [0.3, 0.4) is 0 Å². The molecule has 0 radical (unpaired) electrons. The zero-order chi connectivity index (χ0) is 25.5. The van der Waals surface area contributed by atoms with Crippen molar-refractivity contribution in [3.8, 4) is 16.9 Å². The van der Waals surface area contributed by atoms with Crippen LogP contribution in [0.2, 0.25) is 0 Å². The number of fused-ring (bicyclic) bond motifs is 1. The summed E-state index contributed by atoms with van der Waals surface area (Å²) in [7, 11) is -2.09. The van der Waals surface area contributed by atoms with Gasteiger partial charge in [-0.25, -0.2) is 8.42 Å². The number of methoxy groups -OCH3 is 1. The van der Waals surface area contributed by atoms with Crippen LogP contribution in [0.15, 0.2) is 91.0 Å². The minimum atomic E-state index is -3.47. The first-order valence-corrected chi connectivity index (χ1v) is 13.5. The summed E-state index contributed by atoms with van der Waals surface area (Å²) < 4.78 is 37.1. The Balaban J connectivity index is 1.61. The Morgan fingerprint density at radius 1 is 0.861 bits per heavy atom. The number of carbonyl (C=O) groups is 1. The third kappa shape index (κ3) is 6.23. The minimum Gasteiger partial charge on any atom is -0.491 e. The average molecular weight is 504 g/mol. The van der Waals surface area contributed by atoms with Crippen LogP contribution in [0.5, 0.6) is 5.75 Å². The highest BCUT2D eigenvalue weighted by molar-refractivity contribution is 7.92. The zero-order valence-corrected chi connectivity index (χ0v) is 21.2. The Kier molecular flexibility index (Phi) is 7.90. The molecule has 0 saturated carbocycles. The monoisotopic (exact) mass is 503 g/mol. The molecule has 0 aliphatic carbocycles. The van der Waals surface area contributed by atoms with Gasteiger partial charge in [-0.3, -0.25) is 9.10 Å². The van der Waals surface area contributed by atoms with E-state index in [2.05, 4.69) is 24.3 Å². The van der Waals surface area contributed by atoms with Gasteiger partial charge >= 0.3 is 5.97 Å². The third-order valence-corrected chi connectivity index (χ3v) is 7.14. The number of hydrogen-bond donors (Lipinski definition) is 0. The van der Waals surface area contributed by atoms with E-state index in [4.69, 9.17) is 9.47 Å². The molecule has 6 nitrogen and oxygen atoms in total. The molecule has 0 amide bonds. The van der Waals surface area contributed by atoms with Crippen LogP contribution in [-0.2, 0) is 26.0 Å². The van der Waals surface area contributed by atoms with Crippen LogP contribution < -0.4 is 9.04 Å². The van der Waals surface area contributed by atoms with E-state index in [9.17, 15) is 13.2 Å². The lowest BCUT2D eigenvalue weighted by molar-refractivity contribution is -0.140. The molecule has 4 aromatic carbocycles. The second-order valence-corrected chi connectivity index (χ2v) is 10.4. The summed E-state index contributed by atoms with van der Waals surface area (Å²) in [5.74, 6) is 0.387. The highest BCUT2D eigenvalue weighted by Gasteiger charge is 2.18. The van der Waals surface area contributed by atoms with Gasteiger partial charge in [0.05, 0.1) is 25.6 Å². The fourth-order valence-corrected chi connectivity index (χ4v) is 5.02. The van der Waals surface area contributed by atoms with Gasteiger partial charge in [0, 0.05) is 12.0 Å². The molecule has 4 aromatic rings. The van der Waals surface area contributed by atoms with E-state index in [1.165, 1.54) is 17.7 Å². The minimum absolute atomic E-state index is 0.171. The van der Waals surface area contributed by atoms with Crippen LogP contribution in [0, 0.1) is 0 Å². The first-order chi connectivity index (χ1) is 17.3. The first-order valence-electron chi connectivity index (χ1n) is 11.7. The van der Waals surface area contributed by atoms with Crippen molar-refractivity contribution in [2.24, 2.45) is 0 Å². The molecule has 0 fully saturated rings. The highest BCUT2D eigenvalue weighted by atomic mass is 32.2. The van der Waals surface area contributed by atoms with Gasteiger partial charge in [-0.15, -0.1) is 0 Å². The quantitative estimate of drug-likeness (QED) is 0.269. The van der Waals surface area contributed by atoms with E-state index in [1.54, 1.807) is 24.3 Å². The van der Waals surface area contributed by atoms with E-state index in [1.807, 2.05) is 42.5 Å². The van der Waals surface area contributed by atoms with Crippen molar-refractivity contribution >= 4 is 32.5 Å². The number of sulfonamides is 1. The van der Waals surface area contributed by atoms with Gasteiger partial charge in [-0.05, 0) is 58.7 Å². The van der Waals surface area contributed by atoms with E-state index < -0.39 is 10.0 Å². The Labute approximate surface area is 212 Å². The van der Waals surface area contributed by atoms with Crippen molar-refractivity contribution in [2.45, 2.75) is 12.8 Å². The molecule has 0 aliphatic rings. The molecule has 0 heterocycles. The molecule has 0 spiro atoms. The summed E-state index contributed by atoms with van der Waals surface area (Å²) in [5.41, 5.74) is 3.44. The fraction of sp³-hybridized carbons (Fsp3) is 0.207. The molecule has 36 heavy (non-hydrogen) atoms. The number of benzene rings is 4. The van der Waals surface area contributed by atoms with Gasteiger partial charge in [0.1, 0.15) is 12.4 Å². The van der Waals surface area contributed by atoms with Gasteiger partial charge in [-0.2, -0.15) is 0 Å². The van der Waals surface area contributed by atoms with E-state index in [0.717, 1.165) is 27.5 Å². The van der Waals surface area contributed by atoms with E-state index in [-0.39, 0.29) is 25.5 Å². The van der Waals surface area contributed by atoms with Crippen molar-refractivity contribution in [1.82, 2.24) is 0 Å². The Bertz CT molecular complexity index is 1450. The fourth-order valence-electron chi connectivity index (χ4n) is 4.11. The van der Waals surface area contributed by atoms with E-state index >= 15 is 0 Å². The van der Waals surface area contributed by atoms with E-state index in [0.29, 0.717) is 17.9 Å². The van der Waals surface area contributed by atoms with Crippen molar-refractivity contribution < 1.29 is 22.7 Å². The Hall–Kier alpha value is -3.84. The van der Waals surface area contributed by atoms with Crippen molar-refractivity contribution in [3.63, 3.8) is 0 Å². The summed E-state index contributed by atoms with van der Waals surface area (Å²) >= 11 is 0. The lowest BCUT2D eigenvalue weighted by Crippen LogP contribution is -2.33.